The van der Waals surface area contributed by atoms with Gasteiger partial charge in [-0.1, -0.05) is 41.4 Å². The van der Waals surface area contributed by atoms with Gasteiger partial charge in [0.1, 0.15) is 0 Å². The molecule has 0 atom stereocenters. The number of rotatable bonds is 3. The van der Waals surface area contributed by atoms with E-state index in [9.17, 15) is 4.79 Å². The van der Waals surface area contributed by atoms with Gasteiger partial charge in [0.05, 0.1) is 6.42 Å². The number of benzene rings is 2. The second kappa shape index (κ2) is 6.29. The molecule has 20 heavy (non-hydrogen) atoms. The van der Waals surface area contributed by atoms with Crippen LogP contribution >= 0.6 is 23.2 Å². The molecule has 2 nitrogen and oxygen atoms in total. The zero-order chi connectivity index (χ0) is 14.7. The maximum absolute atomic E-state index is 12.1. The Kier molecular flexibility index (Phi) is 4.69. The van der Waals surface area contributed by atoms with Gasteiger partial charge in [-0.3, -0.25) is 4.79 Å². The van der Waals surface area contributed by atoms with E-state index in [-0.39, 0.29) is 12.3 Å². The molecule has 2 rings (SSSR count). The van der Waals surface area contributed by atoms with Crippen molar-refractivity contribution < 1.29 is 4.79 Å². The van der Waals surface area contributed by atoms with Crippen LogP contribution in [0.4, 0.5) is 5.69 Å². The predicted molar refractivity (Wildman–Crippen MR) is 84.7 cm³/mol. The fourth-order valence-corrected chi connectivity index (χ4v) is 2.38. The monoisotopic (exact) mass is 307 g/mol. The minimum Gasteiger partial charge on any atom is -0.326 e. The third kappa shape index (κ3) is 3.75. The summed E-state index contributed by atoms with van der Waals surface area (Å²) in [5.41, 5.74) is 3.74. The highest BCUT2D eigenvalue weighted by Crippen LogP contribution is 2.22. The maximum atomic E-state index is 12.1. The van der Waals surface area contributed by atoms with Crippen molar-refractivity contribution in [1.82, 2.24) is 0 Å². The largest absolute Gasteiger partial charge is 0.326 e. The summed E-state index contributed by atoms with van der Waals surface area (Å²) < 4.78 is 0. The normalized spacial score (nSPS) is 10.4. The topological polar surface area (TPSA) is 29.1 Å². The summed E-state index contributed by atoms with van der Waals surface area (Å²) in [5.74, 6) is -0.0945. The van der Waals surface area contributed by atoms with Crippen LogP contribution in [0.15, 0.2) is 36.4 Å². The molecule has 1 N–H and O–H groups in total. The van der Waals surface area contributed by atoms with Crippen LogP contribution in [0.2, 0.25) is 10.0 Å². The molecule has 0 saturated heterocycles. The second-order valence-electron chi connectivity index (χ2n) is 4.78. The van der Waals surface area contributed by atoms with E-state index in [0.717, 1.165) is 22.4 Å². The Bertz CT molecular complexity index is 653. The van der Waals surface area contributed by atoms with Crippen LogP contribution in [0.5, 0.6) is 0 Å². The fraction of sp³-hybridized carbons (Fsp3) is 0.188. The zero-order valence-electron chi connectivity index (χ0n) is 11.3. The summed E-state index contributed by atoms with van der Waals surface area (Å²) in [5, 5.41) is 3.98. The van der Waals surface area contributed by atoms with Crippen molar-refractivity contribution in [2.45, 2.75) is 20.3 Å². The van der Waals surface area contributed by atoms with Crippen LogP contribution in [-0.4, -0.2) is 5.91 Å². The number of anilines is 1. The van der Waals surface area contributed by atoms with Crippen LogP contribution in [-0.2, 0) is 11.2 Å². The van der Waals surface area contributed by atoms with E-state index in [1.807, 2.05) is 32.0 Å². The van der Waals surface area contributed by atoms with Crippen LogP contribution in [0.25, 0.3) is 0 Å². The molecule has 0 aliphatic carbocycles. The van der Waals surface area contributed by atoms with Crippen molar-refractivity contribution in [2.24, 2.45) is 0 Å². The van der Waals surface area contributed by atoms with Gasteiger partial charge in [-0.25, -0.2) is 0 Å². The maximum Gasteiger partial charge on any atom is 0.228 e. The minimum absolute atomic E-state index is 0.0945. The van der Waals surface area contributed by atoms with Gasteiger partial charge in [0.2, 0.25) is 5.91 Å². The molecule has 0 bridgehead atoms. The summed E-state index contributed by atoms with van der Waals surface area (Å²) in [6.45, 7) is 3.95. The first kappa shape index (κ1) is 14.9. The molecule has 0 radical (unpaired) electrons. The van der Waals surface area contributed by atoms with E-state index < -0.39 is 0 Å². The van der Waals surface area contributed by atoms with Gasteiger partial charge in [0.15, 0.2) is 0 Å². The molecule has 0 aliphatic rings. The van der Waals surface area contributed by atoms with Crippen LogP contribution in [0.1, 0.15) is 16.7 Å². The number of carbonyl (C=O) groups excluding carboxylic acids is 1. The SMILES string of the molecule is Cc1ccc(C)c(NC(=O)Cc2ccc(Cl)cc2Cl)c1. The van der Waals surface area contributed by atoms with Gasteiger partial charge in [0.25, 0.3) is 0 Å². The van der Waals surface area contributed by atoms with Gasteiger partial charge in [-0.2, -0.15) is 0 Å². The molecular formula is C16H15Cl2NO. The molecule has 0 aromatic heterocycles. The quantitative estimate of drug-likeness (QED) is 0.867. The molecule has 4 heteroatoms. The van der Waals surface area contributed by atoms with Crippen LogP contribution in [0.3, 0.4) is 0 Å². The Morgan fingerprint density at radius 3 is 2.55 bits per heavy atom. The van der Waals surface area contributed by atoms with E-state index in [0.29, 0.717) is 10.0 Å². The number of hydrogen-bond donors (Lipinski definition) is 1. The molecule has 0 unspecified atom stereocenters. The first-order chi connectivity index (χ1) is 9.45. The number of nitrogens with one attached hydrogen (secondary N) is 1. The lowest BCUT2D eigenvalue weighted by Crippen LogP contribution is -2.15. The predicted octanol–water partition coefficient (Wildman–Crippen LogP) is 4.79. The lowest BCUT2D eigenvalue weighted by molar-refractivity contribution is -0.115. The van der Waals surface area contributed by atoms with Crippen molar-refractivity contribution >= 4 is 34.8 Å². The first-order valence-electron chi connectivity index (χ1n) is 6.27. The van der Waals surface area contributed by atoms with Gasteiger partial charge < -0.3 is 5.32 Å². The summed E-state index contributed by atoms with van der Waals surface area (Å²) in [6.07, 6.45) is 0.226. The number of halogens is 2. The Labute approximate surface area is 128 Å². The molecular weight excluding hydrogens is 293 g/mol. The first-order valence-corrected chi connectivity index (χ1v) is 7.02. The Hall–Kier alpha value is -1.51. The Morgan fingerprint density at radius 2 is 1.85 bits per heavy atom. The number of aryl methyl sites for hydroxylation is 2. The van der Waals surface area contributed by atoms with Crippen molar-refractivity contribution in [1.29, 1.82) is 0 Å². The van der Waals surface area contributed by atoms with Crippen molar-refractivity contribution in [2.75, 3.05) is 5.32 Å². The van der Waals surface area contributed by atoms with Gasteiger partial charge in [-0.05, 0) is 48.7 Å². The van der Waals surface area contributed by atoms with E-state index in [2.05, 4.69) is 5.32 Å². The van der Waals surface area contributed by atoms with Gasteiger partial charge in [-0.15, -0.1) is 0 Å². The number of hydrogen-bond acceptors (Lipinski definition) is 1. The fourth-order valence-electron chi connectivity index (χ4n) is 1.90. The third-order valence-corrected chi connectivity index (χ3v) is 3.62. The summed E-state index contributed by atoms with van der Waals surface area (Å²) in [7, 11) is 0. The van der Waals surface area contributed by atoms with E-state index in [1.54, 1.807) is 18.2 Å². The lowest BCUT2D eigenvalue weighted by Gasteiger charge is -2.10. The number of amides is 1. The van der Waals surface area contributed by atoms with Crippen molar-refractivity contribution in [3.63, 3.8) is 0 Å². The molecule has 2 aromatic rings. The lowest BCUT2D eigenvalue weighted by atomic mass is 10.1. The van der Waals surface area contributed by atoms with Gasteiger partial charge in [0, 0.05) is 15.7 Å². The smallest absolute Gasteiger partial charge is 0.228 e. The zero-order valence-corrected chi connectivity index (χ0v) is 12.8. The standard InChI is InChI=1S/C16H15Cl2NO/c1-10-3-4-11(2)15(7-10)19-16(20)8-12-5-6-13(17)9-14(12)18/h3-7,9H,8H2,1-2H3,(H,19,20). The molecule has 0 fully saturated rings. The van der Waals surface area contributed by atoms with Crippen molar-refractivity contribution in [3.05, 3.63) is 63.1 Å². The van der Waals surface area contributed by atoms with Gasteiger partial charge >= 0.3 is 0 Å². The molecule has 1 amide bonds. The summed E-state index contributed by atoms with van der Waals surface area (Å²) in [4.78, 5) is 12.1. The summed E-state index contributed by atoms with van der Waals surface area (Å²) >= 11 is 11.9. The highest BCUT2D eigenvalue weighted by molar-refractivity contribution is 6.35. The van der Waals surface area contributed by atoms with E-state index >= 15 is 0 Å². The number of carbonyl (C=O) groups is 1. The molecule has 0 aliphatic heterocycles. The van der Waals surface area contributed by atoms with E-state index in [1.165, 1.54) is 0 Å². The molecule has 0 heterocycles. The highest BCUT2D eigenvalue weighted by Gasteiger charge is 2.09. The third-order valence-electron chi connectivity index (χ3n) is 3.03. The molecule has 0 saturated carbocycles. The Morgan fingerprint density at radius 1 is 1.10 bits per heavy atom. The van der Waals surface area contributed by atoms with Crippen LogP contribution in [0, 0.1) is 13.8 Å². The molecule has 104 valence electrons. The minimum atomic E-state index is -0.0945. The molecule has 2 aromatic carbocycles. The average molecular weight is 308 g/mol. The van der Waals surface area contributed by atoms with Crippen molar-refractivity contribution in [3.8, 4) is 0 Å². The summed E-state index contributed by atoms with van der Waals surface area (Å²) in [6, 6.07) is 11.1. The molecule has 0 spiro atoms. The highest BCUT2D eigenvalue weighted by atomic mass is 35.5. The Balaban J connectivity index is 2.11. The second-order valence-corrected chi connectivity index (χ2v) is 5.62. The van der Waals surface area contributed by atoms with E-state index in [4.69, 9.17) is 23.2 Å². The van der Waals surface area contributed by atoms with Crippen LogP contribution < -0.4 is 5.32 Å². The average Bonchev–Trinajstić information content (AvgIpc) is 2.37.